The molecule has 3 N–H and O–H groups in total. The maximum Gasteiger partial charge on any atom is 0.412 e. The summed E-state index contributed by atoms with van der Waals surface area (Å²) in [6.07, 6.45) is -0.505. The van der Waals surface area contributed by atoms with Gasteiger partial charge in [-0.1, -0.05) is 18.2 Å². The molecular weight excluding hydrogens is 332 g/mol. The number of carbonyl (C=O) groups is 1. The molecule has 0 saturated heterocycles. The SMILES string of the molecule is COc1ccc(C(N)c2cccc(NC(=O)OC(C)(C)C)c2)cc1OC. The second-order valence-electron chi connectivity index (χ2n) is 6.84. The maximum atomic E-state index is 11.9. The number of amides is 1. The maximum absolute atomic E-state index is 11.9. The smallest absolute Gasteiger partial charge is 0.412 e. The topological polar surface area (TPSA) is 82.8 Å². The fourth-order valence-corrected chi connectivity index (χ4v) is 2.47. The Hall–Kier alpha value is -2.73. The van der Waals surface area contributed by atoms with Crippen LogP contribution in [0.5, 0.6) is 11.5 Å². The largest absolute Gasteiger partial charge is 0.493 e. The van der Waals surface area contributed by atoms with Gasteiger partial charge in [-0.25, -0.2) is 4.79 Å². The number of carbonyl (C=O) groups excluding carboxylic acids is 1. The first kappa shape index (κ1) is 19.6. The minimum atomic E-state index is -0.558. The molecule has 0 saturated carbocycles. The van der Waals surface area contributed by atoms with Crippen molar-refractivity contribution < 1.29 is 19.0 Å². The summed E-state index contributed by atoms with van der Waals surface area (Å²) in [6, 6.07) is 12.5. The standard InChI is InChI=1S/C20H26N2O4/c1-20(2,3)26-19(23)22-15-8-6-7-13(11-15)18(21)14-9-10-16(24-4)17(12-14)25-5/h6-12,18H,21H2,1-5H3,(H,22,23). The minimum Gasteiger partial charge on any atom is -0.493 e. The van der Waals surface area contributed by atoms with Gasteiger partial charge in [-0.3, -0.25) is 5.32 Å². The Kier molecular flexibility index (Phi) is 6.10. The summed E-state index contributed by atoms with van der Waals surface area (Å²) in [5, 5.41) is 2.72. The van der Waals surface area contributed by atoms with Gasteiger partial charge in [0.25, 0.3) is 0 Å². The summed E-state index contributed by atoms with van der Waals surface area (Å²) in [5.74, 6) is 1.26. The molecule has 2 aromatic rings. The van der Waals surface area contributed by atoms with E-state index in [1.807, 2.05) is 57.2 Å². The molecule has 1 atom stereocenters. The van der Waals surface area contributed by atoms with Crippen LogP contribution in [0.1, 0.15) is 37.9 Å². The molecule has 1 unspecified atom stereocenters. The van der Waals surface area contributed by atoms with Crippen LogP contribution in [0, 0.1) is 0 Å². The lowest BCUT2D eigenvalue weighted by molar-refractivity contribution is 0.0636. The Bertz CT molecular complexity index is 769. The Labute approximate surface area is 154 Å². The summed E-state index contributed by atoms with van der Waals surface area (Å²) < 4.78 is 15.9. The fourth-order valence-electron chi connectivity index (χ4n) is 2.47. The van der Waals surface area contributed by atoms with E-state index in [1.165, 1.54) is 0 Å². The van der Waals surface area contributed by atoms with Crippen molar-refractivity contribution in [3.8, 4) is 11.5 Å². The average molecular weight is 358 g/mol. The van der Waals surface area contributed by atoms with Gasteiger partial charge in [0.15, 0.2) is 11.5 Å². The van der Waals surface area contributed by atoms with E-state index in [1.54, 1.807) is 20.3 Å². The number of nitrogens with two attached hydrogens (primary N) is 1. The Morgan fingerprint density at radius 2 is 1.65 bits per heavy atom. The van der Waals surface area contributed by atoms with Crippen LogP contribution in [-0.2, 0) is 4.74 Å². The van der Waals surface area contributed by atoms with Crippen molar-refractivity contribution in [2.45, 2.75) is 32.4 Å². The molecule has 0 radical (unpaired) electrons. The molecule has 0 heterocycles. The first-order valence-electron chi connectivity index (χ1n) is 8.31. The van der Waals surface area contributed by atoms with Crippen molar-refractivity contribution in [1.29, 1.82) is 0 Å². The molecule has 2 rings (SSSR count). The number of hydrogen-bond donors (Lipinski definition) is 2. The lowest BCUT2D eigenvalue weighted by Crippen LogP contribution is -2.27. The molecule has 140 valence electrons. The van der Waals surface area contributed by atoms with Crippen LogP contribution in [0.25, 0.3) is 0 Å². The van der Waals surface area contributed by atoms with Crippen LogP contribution in [0.2, 0.25) is 0 Å². The van der Waals surface area contributed by atoms with Crippen molar-refractivity contribution in [2.24, 2.45) is 5.73 Å². The lowest BCUT2D eigenvalue weighted by Gasteiger charge is -2.20. The number of rotatable bonds is 5. The quantitative estimate of drug-likeness (QED) is 0.841. The normalized spacial score (nSPS) is 12.2. The molecular formula is C20H26N2O4. The summed E-state index contributed by atoms with van der Waals surface area (Å²) in [7, 11) is 3.17. The summed E-state index contributed by atoms with van der Waals surface area (Å²) in [5.41, 5.74) is 8.18. The molecule has 2 aromatic carbocycles. The number of nitrogens with one attached hydrogen (secondary N) is 1. The van der Waals surface area contributed by atoms with Gasteiger partial charge in [0.2, 0.25) is 0 Å². The predicted molar refractivity (Wildman–Crippen MR) is 102 cm³/mol. The zero-order valence-corrected chi connectivity index (χ0v) is 15.8. The molecule has 0 aliphatic heterocycles. The molecule has 0 aromatic heterocycles. The second kappa shape index (κ2) is 8.10. The highest BCUT2D eigenvalue weighted by atomic mass is 16.6. The highest BCUT2D eigenvalue weighted by Crippen LogP contribution is 2.31. The molecule has 26 heavy (non-hydrogen) atoms. The van der Waals surface area contributed by atoms with E-state index in [-0.39, 0.29) is 6.04 Å². The van der Waals surface area contributed by atoms with Gasteiger partial charge < -0.3 is 19.9 Å². The minimum absolute atomic E-state index is 0.379. The van der Waals surface area contributed by atoms with E-state index in [9.17, 15) is 4.79 Å². The predicted octanol–water partition coefficient (Wildman–Crippen LogP) is 4.10. The molecule has 6 nitrogen and oxygen atoms in total. The van der Waals surface area contributed by atoms with E-state index in [4.69, 9.17) is 19.9 Å². The van der Waals surface area contributed by atoms with E-state index in [0.717, 1.165) is 11.1 Å². The van der Waals surface area contributed by atoms with Crippen molar-refractivity contribution in [1.82, 2.24) is 0 Å². The number of benzene rings is 2. The van der Waals surface area contributed by atoms with E-state index < -0.39 is 11.7 Å². The molecule has 6 heteroatoms. The van der Waals surface area contributed by atoms with Gasteiger partial charge in [0, 0.05) is 5.69 Å². The highest BCUT2D eigenvalue weighted by Gasteiger charge is 2.17. The number of methoxy groups -OCH3 is 2. The van der Waals surface area contributed by atoms with Crippen LogP contribution < -0.4 is 20.5 Å². The summed E-state index contributed by atoms with van der Waals surface area (Å²) >= 11 is 0. The van der Waals surface area contributed by atoms with E-state index >= 15 is 0 Å². The number of anilines is 1. The van der Waals surface area contributed by atoms with Crippen LogP contribution in [-0.4, -0.2) is 25.9 Å². The first-order valence-corrected chi connectivity index (χ1v) is 8.31. The zero-order valence-electron chi connectivity index (χ0n) is 15.8. The lowest BCUT2D eigenvalue weighted by atomic mass is 9.98. The van der Waals surface area contributed by atoms with Crippen LogP contribution in [0.15, 0.2) is 42.5 Å². The molecule has 0 aliphatic rings. The average Bonchev–Trinajstić information content (AvgIpc) is 2.59. The first-order chi connectivity index (χ1) is 12.2. The molecule has 0 fully saturated rings. The molecule has 0 bridgehead atoms. The van der Waals surface area contributed by atoms with Crippen LogP contribution in [0.3, 0.4) is 0 Å². The van der Waals surface area contributed by atoms with Crippen LogP contribution >= 0.6 is 0 Å². The van der Waals surface area contributed by atoms with Crippen molar-refractivity contribution in [2.75, 3.05) is 19.5 Å². The third-order valence-electron chi connectivity index (χ3n) is 3.66. The number of ether oxygens (including phenoxy) is 3. The second-order valence-corrected chi connectivity index (χ2v) is 6.84. The zero-order chi connectivity index (χ0) is 19.3. The van der Waals surface area contributed by atoms with E-state index in [0.29, 0.717) is 17.2 Å². The van der Waals surface area contributed by atoms with Gasteiger partial charge in [0.05, 0.1) is 20.3 Å². The summed E-state index contributed by atoms with van der Waals surface area (Å²) in [6.45, 7) is 5.45. The highest BCUT2D eigenvalue weighted by molar-refractivity contribution is 5.85. The molecule has 0 spiro atoms. The number of hydrogen-bond acceptors (Lipinski definition) is 5. The van der Waals surface area contributed by atoms with Crippen molar-refractivity contribution >= 4 is 11.8 Å². The van der Waals surface area contributed by atoms with Crippen LogP contribution in [0.4, 0.5) is 10.5 Å². The molecule has 0 aliphatic carbocycles. The fraction of sp³-hybridized carbons (Fsp3) is 0.350. The third kappa shape index (κ3) is 5.13. The van der Waals surface area contributed by atoms with Gasteiger partial charge in [0.1, 0.15) is 5.60 Å². The Morgan fingerprint density at radius 3 is 2.27 bits per heavy atom. The Balaban J connectivity index is 2.20. The Morgan fingerprint density at radius 1 is 1.00 bits per heavy atom. The van der Waals surface area contributed by atoms with Gasteiger partial charge in [-0.15, -0.1) is 0 Å². The molecule has 1 amide bonds. The van der Waals surface area contributed by atoms with E-state index in [2.05, 4.69) is 5.32 Å². The van der Waals surface area contributed by atoms with Crippen molar-refractivity contribution in [3.05, 3.63) is 53.6 Å². The monoisotopic (exact) mass is 358 g/mol. The van der Waals surface area contributed by atoms with Crippen molar-refractivity contribution in [3.63, 3.8) is 0 Å². The summed E-state index contributed by atoms with van der Waals surface area (Å²) in [4.78, 5) is 11.9. The van der Waals surface area contributed by atoms with Gasteiger partial charge in [-0.2, -0.15) is 0 Å². The van der Waals surface area contributed by atoms with Gasteiger partial charge in [-0.05, 0) is 56.2 Å². The van der Waals surface area contributed by atoms with Gasteiger partial charge >= 0.3 is 6.09 Å². The third-order valence-corrected chi connectivity index (χ3v) is 3.66.